The van der Waals surface area contributed by atoms with Crippen LogP contribution in [0.1, 0.15) is 44.1 Å². The molecule has 1 amide bonds. The van der Waals surface area contributed by atoms with Crippen molar-refractivity contribution in [2.24, 2.45) is 4.99 Å². The van der Waals surface area contributed by atoms with Gasteiger partial charge in [-0.1, -0.05) is 25.0 Å². The van der Waals surface area contributed by atoms with E-state index >= 15 is 0 Å². The third kappa shape index (κ3) is 6.10. The van der Waals surface area contributed by atoms with Gasteiger partial charge >= 0.3 is 0 Å². The van der Waals surface area contributed by atoms with Gasteiger partial charge in [0.2, 0.25) is 5.91 Å². The molecule has 1 aromatic carbocycles. The van der Waals surface area contributed by atoms with Crippen molar-refractivity contribution in [2.75, 3.05) is 34.4 Å². The fraction of sp³-hybridized carbons (Fsp3) is 0.636. The van der Waals surface area contributed by atoms with Gasteiger partial charge in [0.15, 0.2) is 5.96 Å². The van der Waals surface area contributed by atoms with Crippen LogP contribution in [0, 0.1) is 0 Å². The van der Waals surface area contributed by atoms with Crippen LogP contribution in [0.25, 0.3) is 0 Å². The average Bonchev–Trinajstić information content (AvgIpc) is 3.17. The average molecular weight is 403 g/mol. The maximum absolute atomic E-state index is 12.0. The zero-order valence-electron chi connectivity index (χ0n) is 17.9. The predicted molar refractivity (Wildman–Crippen MR) is 114 cm³/mol. The molecular weight excluding hydrogens is 368 g/mol. The number of carbonyl (C=O) groups excluding carboxylic acids is 1. The van der Waals surface area contributed by atoms with Crippen LogP contribution in [-0.2, 0) is 16.1 Å². The summed E-state index contributed by atoms with van der Waals surface area (Å²) in [6.07, 6.45) is 6.75. The number of guanidine groups is 1. The minimum absolute atomic E-state index is 0.0168. The molecule has 0 radical (unpaired) electrons. The summed E-state index contributed by atoms with van der Waals surface area (Å²) in [6, 6.07) is 8.19. The van der Waals surface area contributed by atoms with Crippen molar-refractivity contribution < 1.29 is 14.3 Å². The van der Waals surface area contributed by atoms with Gasteiger partial charge in [-0.15, -0.1) is 0 Å². The Kier molecular flexibility index (Phi) is 7.36. The van der Waals surface area contributed by atoms with Crippen molar-refractivity contribution in [3.8, 4) is 5.75 Å². The molecule has 29 heavy (non-hydrogen) atoms. The van der Waals surface area contributed by atoms with E-state index in [9.17, 15) is 4.79 Å². The van der Waals surface area contributed by atoms with Crippen LogP contribution < -0.4 is 15.4 Å². The van der Waals surface area contributed by atoms with Crippen LogP contribution in [0.3, 0.4) is 0 Å². The van der Waals surface area contributed by atoms with Gasteiger partial charge in [-0.2, -0.15) is 0 Å². The topological polar surface area (TPSA) is 75.2 Å². The largest absolute Gasteiger partial charge is 0.497 e. The number of methoxy groups -OCH3 is 1. The third-order valence-electron chi connectivity index (χ3n) is 5.83. The number of ether oxygens (including phenoxy) is 2. The number of benzene rings is 1. The van der Waals surface area contributed by atoms with Crippen molar-refractivity contribution >= 4 is 11.9 Å². The molecular formula is C22H34N4O3. The molecule has 2 N–H and O–H groups in total. The molecule has 1 aliphatic heterocycles. The molecule has 0 bridgehead atoms. The summed E-state index contributed by atoms with van der Waals surface area (Å²) in [6.45, 7) is 1.53. The second-order valence-corrected chi connectivity index (χ2v) is 8.23. The second-order valence-electron chi connectivity index (χ2n) is 8.23. The lowest BCUT2D eigenvalue weighted by molar-refractivity contribution is -0.127. The number of carbonyl (C=O) groups is 1. The SMILES string of the molecule is COc1ccc(CN=C(NCC(=O)N(C)C)NC2CCOC3(CCCC3)C2)cc1. The summed E-state index contributed by atoms with van der Waals surface area (Å²) in [7, 11) is 5.17. The molecule has 0 aromatic heterocycles. The molecule has 1 saturated heterocycles. The summed E-state index contributed by atoms with van der Waals surface area (Å²) in [5.41, 5.74) is 1.13. The molecule has 1 atom stereocenters. The molecule has 1 aliphatic carbocycles. The minimum atomic E-state index is 0.0168. The number of aliphatic imine (C=N–C) groups is 1. The van der Waals surface area contributed by atoms with Crippen LogP contribution in [0.5, 0.6) is 5.75 Å². The first-order valence-electron chi connectivity index (χ1n) is 10.5. The van der Waals surface area contributed by atoms with E-state index in [-0.39, 0.29) is 18.1 Å². The number of nitrogens with zero attached hydrogens (tertiary/aromatic N) is 2. The quantitative estimate of drug-likeness (QED) is 0.564. The monoisotopic (exact) mass is 402 g/mol. The highest BCUT2D eigenvalue weighted by molar-refractivity contribution is 5.86. The maximum atomic E-state index is 12.0. The Morgan fingerprint density at radius 1 is 1.28 bits per heavy atom. The Morgan fingerprint density at radius 3 is 2.66 bits per heavy atom. The Balaban J connectivity index is 1.65. The smallest absolute Gasteiger partial charge is 0.241 e. The third-order valence-corrected chi connectivity index (χ3v) is 5.83. The second kappa shape index (κ2) is 9.96. The molecule has 7 heteroatoms. The lowest BCUT2D eigenvalue weighted by atomic mass is 9.89. The Bertz CT molecular complexity index is 697. The van der Waals surface area contributed by atoms with Crippen molar-refractivity contribution in [1.29, 1.82) is 0 Å². The first-order chi connectivity index (χ1) is 14.0. The van der Waals surface area contributed by atoms with E-state index in [1.807, 2.05) is 24.3 Å². The molecule has 2 fully saturated rings. The Morgan fingerprint density at radius 2 is 2.00 bits per heavy atom. The van der Waals surface area contributed by atoms with Crippen LogP contribution in [0.2, 0.25) is 0 Å². The van der Waals surface area contributed by atoms with E-state index in [2.05, 4.69) is 10.6 Å². The van der Waals surface area contributed by atoms with E-state index < -0.39 is 0 Å². The number of amides is 1. The van der Waals surface area contributed by atoms with Gasteiger partial charge in [0.1, 0.15) is 5.75 Å². The van der Waals surface area contributed by atoms with E-state index in [0.717, 1.165) is 43.6 Å². The lowest BCUT2D eigenvalue weighted by Gasteiger charge is -2.39. The van der Waals surface area contributed by atoms with Crippen LogP contribution in [-0.4, -0.2) is 62.8 Å². The Labute approximate surface area is 173 Å². The summed E-state index contributed by atoms with van der Waals surface area (Å²) < 4.78 is 11.4. The van der Waals surface area contributed by atoms with Crippen molar-refractivity contribution in [2.45, 2.75) is 56.7 Å². The van der Waals surface area contributed by atoms with E-state index in [1.165, 1.54) is 12.8 Å². The van der Waals surface area contributed by atoms with E-state index in [0.29, 0.717) is 18.5 Å². The van der Waals surface area contributed by atoms with Crippen molar-refractivity contribution in [3.05, 3.63) is 29.8 Å². The first-order valence-corrected chi connectivity index (χ1v) is 10.5. The van der Waals surface area contributed by atoms with Crippen molar-refractivity contribution in [3.63, 3.8) is 0 Å². The molecule has 1 saturated carbocycles. The zero-order chi connectivity index (χ0) is 20.7. The minimum Gasteiger partial charge on any atom is -0.497 e. The molecule has 1 heterocycles. The maximum Gasteiger partial charge on any atom is 0.241 e. The molecule has 3 rings (SSSR count). The fourth-order valence-corrected chi connectivity index (χ4v) is 4.08. The van der Waals surface area contributed by atoms with E-state index in [1.54, 1.807) is 26.1 Å². The van der Waals surface area contributed by atoms with Crippen LogP contribution >= 0.6 is 0 Å². The molecule has 1 unspecified atom stereocenters. The highest BCUT2D eigenvalue weighted by Gasteiger charge is 2.40. The highest BCUT2D eigenvalue weighted by atomic mass is 16.5. The van der Waals surface area contributed by atoms with Gasteiger partial charge in [-0.05, 0) is 43.4 Å². The first kappa shape index (κ1) is 21.4. The van der Waals surface area contributed by atoms with Gasteiger partial charge in [0, 0.05) is 26.7 Å². The standard InChI is InChI=1S/C22H34N4O3/c1-26(2)20(27)16-24-21(23-15-17-6-8-19(28-3)9-7-17)25-18-10-13-29-22(14-18)11-4-5-12-22/h6-9,18H,4-5,10-16H2,1-3H3,(H2,23,24,25). The zero-order valence-corrected chi connectivity index (χ0v) is 17.9. The molecule has 7 nitrogen and oxygen atoms in total. The predicted octanol–water partition coefficient (Wildman–Crippen LogP) is 2.31. The molecule has 2 aliphatic rings. The molecule has 1 aromatic rings. The van der Waals surface area contributed by atoms with Gasteiger partial charge in [-0.3, -0.25) is 4.79 Å². The number of hydrogen-bond donors (Lipinski definition) is 2. The lowest BCUT2D eigenvalue weighted by Crippen LogP contribution is -2.51. The number of likely N-dealkylation sites (N-methyl/N-ethyl adjacent to an activating group) is 1. The molecule has 1 spiro atoms. The van der Waals surface area contributed by atoms with Crippen molar-refractivity contribution in [1.82, 2.24) is 15.5 Å². The molecule has 160 valence electrons. The number of nitrogens with one attached hydrogen (secondary N) is 2. The van der Waals surface area contributed by atoms with Gasteiger partial charge in [0.25, 0.3) is 0 Å². The van der Waals surface area contributed by atoms with Crippen LogP contribution in [0.15, 0.2) is 29.3 Å². The fourth-order valence-electron chi connectivity index (χ4n) is 4.08. The summed E-state index contributed by atoms with van der Waals surface area (Å²) in [5, 5.41) is 6.76. The van der Waals surface area contributed by atoms with Crippen LogP contribution in [0.4, 0.5) is 0 Å². The summed E-state index contributed by atoms with van der Waals surface area (Å²) in [5.74, 6) is 1.52. The highest BCUT2D eigenvalue weighted by Crippen LogP contribution is 2.39. The number of rotatable bonds is 6. The summed E-state index contributed by atoms with van der Waals surface area (Å²) in [4.78, 5) is 18.3. The Hall–Kier alpha value is -2.28. The van der Waals surface area contributed by atoms with Gasteiger partial charge < -0.3 is 25.0 Å². The summed E-state index contributed by atoms with van der Waals surface area (Å²) >= 11 is 0. The van der Waals surface area contributed by atoms with Gasteiger partial charge in [0.05, 0.1) is 25.8 Å². The number of hydrogen-bond acceptors (Lipinski definition) is 4. The van der Waals surface area contributed by atoms with E-state index in [4.69, 9.17) is 14.5 Å². The van der Waals surface area contributed by atoms with Gasteiger partial charge in [-0.25, -0.2) is 4.99 Å². The normalized spacial score (nSPS) is 21.1.